The molecule has 3 heterocycles. The van der Waals surface area contributed by atoms with Gasteiger partial charge in [0.25, 0.3) is 11.5 Å². The van der Waals surface area contributed by atoms with Crippen molar-refractivity contribution in [2.75, 3.05) is 18.1 Å². The third-order valence-electron chi connectivity index (χ3n) is 6.49. The van der Waals surface area contributed by atoms with Gasteiger partial charge in [-0.3, -0.25) is 14.2 Å². The van der Waals surface area contributed by atoms with Crippen LogP contribution in [0.4, 0.5) is 5.69 Å². The molecule has 1 aromatic heterocycles. The number of allylic oxidation sites excluding steroid dienone is 1. The minimum atomic E-state index is -0.696. The molecule has 0 saturated heterocycles. The molecule has 3 aromatic rings. The minimum Gasteiger partial charge on any atom is -0.463 e. The van der Waals surface area contributed by atoms with Crippen molar-refractivity contribution in [2.45, 2.75) is 39.7 Å². The maximum Gasteiger partial charge on any atom is 0.338 e. The van der Waals surface area contributed by atoms with Crippen molar-refractivity contribution in [3.63, 3.8) is 0 Å². The lowest BCUT2D eigenvalue weighted by atomic mass is 9.96. The Morgan fingerprint density at radius 1 is 1.06 bits per heavy atom. The standard InChI is InChI=1S/C28H27N3O4S/c1-4-6-16-30-20-15-11-10-14-19(20)22(25(30)32)24-26(33)31-23(18-12-8-7-9-13-18)21(27(34)35-5-2)17(3)29-28(31)36-24/h7-15,23H,4-6,16H2,1-3H3/b24-22-/t23-/m0/s1. The Bertz CT molecular complexity index is 1570. The van der Waals surface area contributed by atoms with Crippen molar-refractivity contribution >= 4 is 34.5 Å². The smallest absolute Gasteiger partial charge is 0.338 e. The maximum atomic E-state index is 14.0. The number of ether oxygens (including phenoxy) is 1. The number of thiazole rings is 1. The largest absolute Gasteiger partial charge is 0.463 e. The fourth-order valence-electron chi connectivity index (χ4n) is 4.83. The number of hydrogen-bond donors (Lipinski definition) is 0. The monoisotopic (exact) mass is 501 g/mol. The van der Waals surface area contributed by atoms with Gasteiger partial charge in [0.1, 0.15) is 4.53 Å². The zero-order valence-electron chi connectivity index (χ0n) is 20.5. The van der Waals surface area contributed by atoms with Crippen LogP contribution in [-0.4, -0.2) is 29.6 Å². The fraction of sp³-hybridized carbons (Fsp3) is 0.286. The van der Waals surface area contributed by atoms with E-state index in [2.05, 4.69) is 11.9 Å². The van der Waals surface area contributed by atoms with E-state index in [1.54, 1.807) is 18.7 Å². The fourth-order valence-corrected chi connectivity index (χ4v) is 5.97. The second kappa shape index (κ2) is 9.70. The highest BCUT2D eigenvalue weighted by Crippen LogP contribution is 2.35. The van der Waals surface area contributed by atoms with E-state index >= 15 is 0 Å². The summed E-state index contributed by atoms with van der Waals surface area (Å²) in [6.07, 6.45) is 1.82. The molecular weight excluding hydrogens is 474 g/mol. The number of hydrogen-bond acceptors (Lipinski definition) is 6. The van der Waals surface area contributed by atoms with E-state index in [4.69, 9.17) is 4.74 Å². The number of amides is 1. The molecule has 0 aliphatic carbocycles. The molecule has 0 N–H and O–H groups in total. The topological polar surface area (TPSA) is 81.0 Å². The first kappa shape index (κ1) is 23.9. The Morgan fingerprint density at radius 3 is 2.50 bits per heavy atom. The van der Waals surface area contributed by atoms with Crippen LogP contribution in [0, 0.1) is 0 Å². The summed E-state index contributed by atoms with van der Waals surface area (Å²) in [7, 11) is 0. The van der Waals surface area contributed by atoms with E-state index in [0.717, 1.165) is 29.7 Å². The van der Waals surface area contributed by atoms with E-state index in [-0.39, 0.29) is 18.1 Å². The number of unbranched alkanes of at least 4 members (excludes halogenated alkanes) is 1. The van der Waals surface area contributed by atoms with Crippen LogP contribution in [-0.2, 0) is 14.3 Å². The number of esters is 1. The number of anilines is 1. The van der Waals surface area contributed by atoms with Crippen molar-refractivity contribution in [3.05, 3.63) is 96.7 Å². The van der Waals surface area contributed by atoms with E-state index in [1.807, 2.05) is 54.6 Å². The number of carbonyl (C=O) groups is 2. The predicted octanol–water partition coefficient (Wildman–Crippen LogP) is 3.32. The predicted molar refractivity (Wildman–Crippen MR) is 139 cm³/mol. The third-order valence-corrected chi connectivity index (χ3v) is 7.55. The number of para-hydroxylation sites is 1. The van der Waals surface area contributed by atoms with Gasteiger partial charge in [-0.25, -0.2) is 9.79 Å². The molecule has 36 heavy (non-hydrogen) atoms. The summed E-state index contributed by atoms with van der Waals surface area (Å²) in [5, 5.41) is 0. The minimum absolute atomic E-state index is 0.174. The van der Waals surface area contributed by atoms with Gasteiger partial charge in [0.05, 0.1) is 35.2 Å². The zero-order chi connectivity index (χ0) is 25.4. The summed E-state index contributed by atoms with van der Waals surface area (Å²) in [5.74, 6) is -0.675. The molecule has 2 aliphatic rings. The van der Waals surface area contributed by atoms with Crippen LogP contribution in [0.3, 0.4) is 0 Å². The van der Waals surface area contributed by atoms with Gasteiger partial charge in [0.2, 0.25) is 0 Å². The molecule has 0 bridgehead atoms. The highest BCUT2D eigenvalue weighted by Gasteiger charge is 2.37. The quantitative estimate of drug-likeness (QED) is 0.486. The molecule has 2 aromatic carbocycles. The molecule has 0 saturated carbocycles. The molecule has 1 atom stereocenters. The van der Waals surface area contributed by atoms with Crippen LogP contribution in [0.5, 0.6) is 0 Å². The Balaban J connectivity index is 1.78. The Morgan fingerprint density at radius 2 is 1.78 bits per heavy atom. The van der Waals surface area contributed by atoms with E-state index in [0.29, 0.717) is 32.7 Å². The number of carbonyl (C=O) groups excluding carboxylic acids is 2. The lowest BCUT2D eigenvalue weighted by Crippen LogP contribution is -2.41. The Hall–Kier alpha value is -3.78. The highest BCUT2D eigenvalue weighted by molar-refractivity contribution is 7.07. The summed E-state index contributed by atoms with van der Waals surface area (Å²) in [5.41, 5.74) is 3.24. The maximum absolute atomic E-state index is 14.0. The number of fused-ring (bicyclic) bond motifs is 2. The van der Waals surface area contributed by atoms with Gasteiger partial charge in [0.15, 0.2) is 4.80 Å². The SMILES string of the molecule is CCCCN1C(=O)/C(=c2\sc3n(c2=O)[C@@H](c2ccccc2)C(C(=O)OCC)=C(C)N=3)c2ccccc21. The highest BCUT2D eigenvalue weighted by atomic mass is 32.1. The molecule has 5 rings (SSSR count). The van der Waals surface area contributed by atoms with Gasteiger partial charge in [-0.2, -0.15) is 0 Å². The molecule has 0 spiro atoms. The van der Waals surface area contributed by atoms with Crippen LogP contribution in [0.2, 0.25) is 0 Å². The molecule has 0 radical (unpaired) electrons. The van der Waals surface area contributed by atoms with Gasteiger partial charge in [-0.1, -0.05) is 73.2 Å². The summed E-state index contributed by atoms with van der Waals surface area (Å²) >= 11 is 1.19. The summed E-state index contributed by atoms with van der Waals surface area (Å²) in [6.45, 7) is 6.39. The van der Waals surface area contributed by atoms with Crippen LogP contribution < -0.4 is 19.8 Å². The van der Waals surface area contributed by atoms with E-state index in [9.17, 15) is 14.4 Å². The number of benzene rings is 2. The van der Waals surface area contributed by atoms with Crippen LogP contribution in [0.1, 0.15) is 50.8 Å². The van der Waals surface area contributed by atoms with E-state index in [1.165, 1.54) is 15.9 Å². The third kappa shape index (κ3) is 3.82. The van der Waals surface area contributed by atoms with Crippen molar-refractivity contribution in [1.82, 2.24) is 4.57 Å². The normalized spacial score (nSPS) is 18.1. The molecule has 184 valence electrons. The lowest BCUT2D eigenvalue weighted by molar-refractivity contribution is -0.139. The molecule has 7 nitrogen and oxygen atoms in total. The van der Waals surface area contributed by atoms with Gasteiger partial charge in [0, 0.05) is 12.1 Å². The number of nitrogens with zero attached hydrogens (tertiary/aromatic N) is 3. The second-order valence-corrected chi connectivity index (χ2v) is 9.71. The van der Waals surface area contributed by atoms with Crippen molar-refractivity contribution in [3.8, 4) is 0 Å². The number of rotatable bonds is 6. The van der Waals surface area contributed by atoms with Crippen LogP contribution in [0.15, 0.2) is 75.7 Å². The number of aromatic nitrogens is 1. The second-order valence-electron chi connectivity index (χ2n) is 8.74. The average Bonchev–Trinajstić information content (AvgIpc) is 3.34. The van der Waals surface area contributed by atoms with Crippen LogP contribution >= 0.6 is 11.3 Å². The Labute approximate surface area is 212 Å². The van der Waals surface area contributed by atoms with Gasteiger partial charge < -0.3 is 9.64 Å². The van der Waals surface area contributed by atoms with Gasteiger partial charge in [-0.05, 0) is 31.9 Å². The van der Waals surface area contributed by atoms with Crippen LogP contribution in [0.25, 0.3) is 5.57 Å². The molecule has 1 amide bonds. The summed E-state index contributed by atoms with van der Waals surface area (Å²) in [4.78, 5) is 47.5. The summed E-state index contributed by atoms with van der Waals surface area (Å²) < 4.78 is 7.22. The Kier molecular flexibility index (Phi) is 6.45. The molecule has 0 fully saturated rings. The summed E-state index contributed by atoms with van der Waals surface area (Å²) in [6, 6.07) is 16.3. The van der Waals surface area contributed by atoms with E-state index < -0.39 is 12.0 Å². The first-order valence-corrected chi connectivity index (χ1v) is 13.0. The average molecular weight is 502 g/mol. The van der Waals surface area contributed by atoms with Gasteiger partial charge in [-0.15, -0.1) is 0 Å². The molecule has 8 heteroatoms. The van der Waals surface area contributed by atoms with Crippen molar-refractivity contribution in [1.29, 1.82) is 0 Å². The first-order valence-electron chi connectivity index (χ1n) is 12.2. The zero-order valence-corrected chi connectivity index (χ0v) is 21.3. The van der Waals surface area contributed by atoms with Crippen molar-refractivity contribution < 1.29 is 14.3 Å². The first-order chi connectivity index (χ1) is 17.5. The van der Waals surface area contributed by atoms with Crippen molar-refractivity contribution in [2.24, 2.45) is 4.99 Å². The molecular formula is C28H27N3O4S. The van der Waals surface area contributed by atoms with Gasteiger partial charge >= 0.3 is 5.97 Å². The lowest BCUT2D eigenvalue weighted by Gasteiger charge is -2.24. The molecule has 0 unspecified atom stereocenters. The molecule has 2 aliphatic heterocycles.